The summed E-state index contributed by atoms with van der Waals surface area (Å²) in [6, 6.07) is 0.521. The molecule has 12 bridgehead atoms. The van der Waals surface area contributed by atoms with E-state index in [2.05, 4.69) is 15.0 Å². The predicted octanol–water partition coefficient (Wildman–Crippen LogP) is 22.4. The van der Waals surface area contributed by atoms with Crippen LogP contribution in [0.25, 0.3) is 59.3 Å². The topological polar surface area (TPSA) is 138 Å². The van der Waals surface area contributed by atoms with Gasteiger partial charge < -0.3 is 10.4 Å². The molecule has 0 spiro atoms. The second-order valence-electron chi connectivity index (χ2n) is 28.2. The van der Waals surface area contributed by atoms with Gasteiger partial charge in [0.15, 0.2) is 75.3 Å². The number of aromatic nitrogens is 2. The monoisotopic (exact) mass is 1980 g/mol. The van der Waals surface area contributed by atoms with Crippen LogP contribution in [-0.2, 0) is 51.7 Å². The SMILES string of the molecule is CC(F)(c1c2c(c(C(F)(C(F)(F)F)C(F)(F)F)c3c(F)c(F)c(F)c(F)c13)C1=Nc3c4c(C(F)(C(F)(F)F)C(F)(F)F)c5c(F)c(F)c(F)c(F)c5c(C(C)(F)C(F)(F)F)c4c4n3Cn3c5c6sc(C=C(C#N)C(=O)O)c(C(F)(F)F)c6c3=NC3=[N+](N[N+]1=C2N=5)C(N4)c1c3c(C(F)(C(F)(F)F)C(F)(F)F)c2c(F)c(F)c(F)c(F)c2c1C(F)(C(F)(F)F)C(F)(F)F)C(F)(F)F. The summed E-state index contributed by atoms with van der Waals surface area (Å²) in [4.78, 5) is 19.0. The van der Waals surface area contributed by atoms with Gasteiger partial charge in [0.2, 0.25) is 17.5 Å². The molecule has 0 saturated carbocycles. The molecule has 0 amide bonds. The molecule has 130 heavy (non-hydrogen) atoms. The van der Waals surface area contributed by atoms with Crippen LogP contribution in [0.3, 0.4) is 0 Å². The number of hydrazone groups is 2. The summed E-state index contributed by atoms with van der Waals surface area (Å²) in [6.07, 6.45) is -100. The number of aliphatic carboxylic acids is 1. The number of hydrogen-bond donors (Lipinski definition) is 3. The Morgan fingerprint density at radius 1 is 0.400 bits per heavy atom. The Bertz CT molecular complexity index is 6970. The number of carboxylic acids is 1. The number of halogens is 51. The van der Waals surface area contributed by atoms with Crippen molar-refractivity contribution in [3.63, 3.8) is 0 Å². The van der Waals surface area contributed by atoms with E-state index in [0.717, 1.165) is 0 Å². The van der Waals surface area contributed by atoms with Crippen molar-refractivity contribution in [2.75, 3.05) is 5.32 Å². The number of alkyl halides is 39. The fourth-order valence-corrected chi connectivity index (χ4v) is 16.9. The van der Waals surface area contributed by atoms with Gasteiger partial charge in [-0.25, -0.2) is 83.8 Å². The second-order valence-corrected chi connectivity index (χ2v) is 29.2. The van der Waals surface area contributed by atoms with Crippen molar-refractivity contribution in [1.29, 1.82) is 5.26 Å². The minimum Gasteiger partial charge on any atom is -0.477 e. The molecule has 3 N–H and O–H groups in total. The van der Waals surface area contributed by atoms with Crippen molar-refractivity contribution in [2.45, 2.75) is 129 Å². The molecule has 3 aromatic heterocycles. The molecule has 12 nitrogen and oxygen atoms in total. The number of rotatable bonds is 8. The van der Waals surface area contributed by atoms with Crippen molar-refractivity contribution in [3.8, 4) is 6.07 Å². The standard InChI is InChI=1S/C66H11F51N10O2S/c1-50(79,57(88,89)90)22-8-10(30(69)36(75)34(73)28(8)67)24(52(81,59(94,95)96)60(97,98)99)16-14(22)41-119-46-18-19(27(55(84,65(112,113)114)66(115,116)117)13-12(32(71)38(77)39(78)33(13)72)26(18)54(83,63(106,107)108)64(109,110)111)47-121-43-20-21(56(85,86)87)7(3-6(4-118)49(128)129)130-40(20)48-122-44-15-17(45(126(44)123-127(46)47)120-42(16)124(41)5-125(43)48)25(53(82,61(100,101)102)62(103,104)105)11-9(23(15)51(2,80)58(91,92)93)29(68)35(74)37(76)31(11)70/h3,46H,5H2,1-2H3,(H-,119,122,123,128,129)/p+2. The van der Waals surface area contributed by atoms with Crippen molar-refractivity contribution in [3.05, 3.63) is 152 Å². The predicted molar refractivity (Wildman–Crippen MR) is 324 cm³/mol. The molecule has 0 radical (unpaired) electrons. The third-order valence-corrected chi connectivity index (χ3v) is 22.3. The van der Waals surface area contributed by atoms with Gasteiger partial charge in [-0.2, -0.15) is 160 Å². The smallest absolute Gasteiger partial charge is 0.436 e. The van der Waals surface area contributed by atoms with Gasteiger partial charge in [-0.1, -0.05) is 9.37 Å². The molecule has 0 fully saturated rings. The average Bonchev–Trinajstić information content (AvgIpc) is 1.46. The van der Waals surface area contributed by atoms with E-state index in [9.17, 15) is 15.2 Å². The van der Waals surface area contributed by atoms with E-state index < -0.39 is 405 Å². The molecule has 6 aliphatic heterocycles. The van der Waals surface area contributed by atoms with Gasteiger partial charge in [0.05, 0.1) is 32.3 Å². The van der Waals surface area contributed by atoms with Crippen LogP contribution < -0.4 is 21.8 Å². The number of carbonyl (C=O) groups is 1. The number of carboxylic acid groups (broad SMARTS) is 1. The third-order valence-electron chi connectivity index (χ3n) is 21.1. The van der Waals surface area contributed by atoms with Gasteiger partial charge >= 0.3 is 102 Å². The van der Waals surface area contributed by atoms with Crippen molar-refractivity contribution >= 4 is 106 Å². The van der Waals surface area contributed by atoms with Crippen LogP contribution in [0.2, 0.25) is 0 Å². The number of hydrazine groups is 2. The normalized spacial score (nSPS) is 17.5. The Hall–Kier alpha value is -11.8. The molecule has 0 aliphatic carbocycles. The molecule has 9 heterocycles. The minimum absolute atomic E-state index is 0.509. The zero-order valence-corrected chi connectivity index (χ0v) is 60.3. The van der Waals surface area contributed by atoms with E-state index in [1.807, 2.05) is 0 Å². The van der Waals surface area contributed by atoms with E-state index in [-0.39, 0.29) is 0 Å². The Balaban J connectivity index is 1.56. The summed E-state index contributed by atoms with van der Waals surface area (Å²) in [5, 5.41) is -17.9. The van der Waals surface area contributed by atoms with Crippen LogP contribution >= 0.6 is 11.3 Å². The van der Waals surface area contributed by atoms with Gasteiger partial charge in [-0.15, -0.1) is 11.3 Å². The Labute approximate surface area is 675 Å². The second kappa shape index (κ2) is 26.8. The maximum atomic E-state index is 18.6. The molecule has 700 valence electrons. The number of benzene rings is 6. The van der Waals surface area contributed by atoms with E-state index in [1.54, 1.807) is 0 Å². The largest absolute Gasteiger partial charge is 0.477 e. The lowest BCUT2D eigenvalue weighted by molar-refractivity contribution is -0.786. The number of fused-ring (bicyclic) bond motifs is 7. The minimum atomic E-state index is -8.92. The van der Waals surface area contributed by atoms with Gasteiger partial charge in [0.25, 0.3) is 17.2 Å². The van der Waals surface area contributed by atoms with Crippen LogP contribution in [0, 0.1) is 81.1 Å². The number of nitrogens with zero attached hydrogens (tertiary/aromatic N) is 8. The number of nitriles is 1. The molecule has 9 aromatic rings. The fourth-order valence-electron chi connectivity index (χ4n) is 15.6. The van der Waals surface area contributed by atoms with E-state index >= 15 is 224 Å². The fraction of sp³-hybridized carbons (Fsp3) is 0.318. The van der Waals surface area contributed by atoms with Gasteiger partial charge in [-0.3, -0.25) is 9.13 Å². The maximum absolute atomic E-state index is 18.6. The Morgan fingerprint density at radius 3 is 1.12 bits per heavy atom. The van der Waals surface area contributed by atoms with Crippen molar-refractivity contribution in [1.82, 2.24) is 14.7 Å². The first-order chi connectivity index (χ1) is 58.4. The highest BCUT2D eigenvalue weighted by Crippen LogP contribution is 2.69. The lowest BCUT2D eigenvalue weighted by Gasteiger charge is -2.36. The molecule has 0 saturated heterocycles. The maximum Gasteiger partial charge on any atom is 0.436 e. The zero-order valence-electron chi connectivity index (χ0n) is 59.5. The summed E-state index contributed by atoms with van der Waals surface area (Å²) in [5.74, 6) is -75.9. The summed E-state index contributed by atoms with van der Waals surface area (Å²) in [6.45, 7) is -6.69. The molecule has 15 rings (SSSR count). The summed E-state index contributed by atoms with van der Waals surface area (Å²) >= 11 is -1.44. The van der Waals surface area contributed by atoms with Crippen LogP contribution in [-0.4, -0.2) is 109 Å². The van der Waals surface area contributed by atoms with Gasteiger partial charge in [0.1, 0.15) is 35.5 Å². The molecular formula is C66H13F51N10O2S+2. The highest BCUT2D eigenvalue weighted by molar-refractivity contribution is 7.20. The average molecular weight is 1980 g/mol. The molecular weight excluding hydrogens is 1970 g/mol. The lowest BCUT2D eigenvalue weighted by atomic mass is 9.76. The number of aliphatic imine (C=N–C) groups is 1. The Kier molecular flexibility index (Phi) is 19.4. The number of thiophene rings is 1. The highest BCUT2D eigenvalue weighted by atomic mass is 32.1. The molecule has 64 heteroatoms. The summed E-state index contributed by atoms with van der Waals surface area (Å²) in [5.41, 5.74) is -107. The highest BCUT2D eigenvalue weighted by Gasteiger charge is 2.82. The van der Waals surface area contributed by atoms with Crippen molar-refractivity contribution < 1.29 is 243 Å². The van der Waals surface area contributed by atoms with Crippen molar-refractivity contribution in [2.24, 2.45) is 15.0 Å². The Morgan fingerprint density at radius 2 is 0.746 bits per heavy atom. The van der Waals surface area contributed by atoms with Crippen LogP contribution in [0.4, 0.5) is 236 Å². The molecule has 6 aromatic carbocycles. The van der Waals surface area contributed by atoms with E-state index in [1.165, 1.54) is 0 Å². The number of amidine groups is 3. The first kappa shape index (κ1) is 94.3. The first-order valence-corrected chi connectivity index (χ1v) is 33.7. The zero-order chi connectivity index (χ0) is 98.6. The first-order valence-electron chi connectivity index (χ1n) is 32.8. The van der Waals surface area contributed by atoms with E-state index in [0.29, 0.717) is 16.9 Å². The molecule has 3 unspecified atom stereocenters. The quantitative estimate of drug-likeness (QED) is 0.0347. The summed E-state index contributed by atoms with van der Waals surface area (Å²) < 4.78 is 844. The van der Waals surface area contributed by atoms with Gasteiger partial charge in [0, 0.05) is 86.3 Å². The van der Waals surface area contributed by atoms with Gasteiger partial charge in [-0.05, 0) is 25.5 Å². The van der Waals surface area contributed by atoms with Crippen LogP contribution in [0.5, 0.6) is 0 Å². The van der Waals surface area contributed by atoms with E-state index in [4.69, 9.17) is 0 Å². The van der Waals surface area contributed by atoms with Crippen LogP contribution in [0.15, 0.2) is 20.6 Å². The lowest BCUT2D eigenvalue weighted by Crippen LogP contribution is -2.53. The third kappa shape index (κ3) is 11.5. The summed E-state index contributed by atoms with van der Waals surface area (Å²) in [7, 11) is 0. The number of hydrogen-bond acceptors (Lipinski definition) is 8. The molecule has 3 atom stereocenters. The molecule has 6 aliphatic rings. The number of nitrogens with one attached hydrogen (secondary N) is 2. The number of anilines is 1. The van der Waals surface area contributed by atoms with Crippen LogP contribution in [0.1, 0.15) is 86.1 Å².